The number of aromatic nitrogens is 6. The first-order chi connectivity index (χ1) is 23.5. The van der Waals surface area contributed by atoms with Gasteiger partial charge in [0.2, 0.25) is 11.6 Å². The third-order valence-corrected chi connectivity index (χ3v) is 6.72. The fourth-order valence-electron chi connectivity index (χ4n) is 5.00. The molecule has 22 heteroatoms. The van der Waals surface area contributed by atoms with E-state index < -0.39 is 126 Å². The maximum Gasteiger partial charge on any atom is 0.451 e. The van der Waals surface area contributed by atoms with Gasteiger partial charge in [-0.05, 0) is 0 Å². The van der Waals surface area contributed by atoms with Crippen molar-refractivity contribution >= 4 is 33.4 Å². The number of nitriles is 6. The molecular formula is C28F10N12. The molecule has 5 rings (SSSR count). The lowest BCUT2D eigenvalue weighted by Crippen LogP contribution is -2.21. The normalized spacial score (nSPS) is 13.4. The molecule has 1 aromatic carbocycles. The van der Waals surface area contributed by atoms with Crippen LogP contribution in [0.15, 0.2) is 11.1 Å². The summed E-state index contributed by atoms with van der Waals surface area (Å²) >= 11 is 0. The fraction of sp³-hybridized carbons (Fsp3) is 0.0714. The molecule has 0 unspecified atom stereocenters. The lowest BCUT2D eigenvalue weighted by atomic mass is 9.90. The van der Waals surface area contributed by atoms with Crippen LogP contribution in [0.1, 0.15) is 45.6 Å². The Balaban J connectivity index is 2.04. The highest BCUT2D eigenvalue weighted by Gasteiger charge is 2.47. The second-order valence-electron chi connectivity index (χ2n) is 9.30. The average molecular weight is 694 g/mol. The number of halogens is 10. The maximum atomic E-state index is 16.9. The molecule has 0 atom stereocenters. The van der Waals surface area contributed by atoms with Crippen LogP contribution in [0.25, 0.3) is 33.4 Å². The highest BCUT2D eigenvalue weighted by Crippen LogP contribution is 2.56. The molecule has 0 saturated carbocycles. The third kappa shape index (κ3) is 4.98. The average Bonchev–Trinajstić information content (AvgIpc) is 3.58. The van der Waals surface area contributed by atoms with E-state index in [1.165, 1.54) is 36.4 Å². The van der Waals surface area contributed by atoms with Gasteiger partial charge in [0.05, 0.1) is 11.1 Å². The molecule has 3 aromatic rings. The zero-order valence-electron chi connectivity index (χ0n) is 23.1. The molecule has 2 aliphatic carbocycles. The van der Waals surface area contributed by atoms with Gasteiger partial charge in [0.25, 0.3) is 0 Å². The van der Waals surface area contributed by atoms with E-state index in [1.807, 2.05) is 0 Å². The molecule has 0 N–H and O–H groups in total. The van der Waals surface area contributed by atoms with Crippen LogP contribution in [-0.4, -0.2) is 29.9 Å². The van der Waals surface area contributed by atoms with Crippen LogP contribution in [0.4, 0.5) is 43.9 Å². The largest absolute Gasteiger partial charge is 0.451 e. The van der Waals surface area contributed by atoms with Crippen molar-refractivity contribution in [1.82, 2.24) is 29.9 Å². The lowest BCUT2D eigenvalue weighted by Gasteiger charge is -2.14. The molecule has 242 valence electrons. The monoisotopic (exact) mass is 694 g/mol. The molecule has 50 heavy (non-hydrogen) atoms. The van der Waals surface area contributed by atoms with Crippen LogP contribution in [0.2, 0.25) is 0 Å². The summed E-state index contributed by atoms with van der Waals surface area (Å²) < 4.78 is 144. The first-order valence-electron chi connectivity index (χ1n) is 12.4. The molecule has 0 aliphatic heterocycles. The minimum atomic E-state index is -5.73. The number of alkyl halides is 6. The first kappa shape index (κ1) is 33.8. The van der Waals surface area contributed by atoms with Crippen molar-refractivity contribution in [3.63, 3.8) is 0 Å². The minimum absolute atomic E-state index is 1.03. The molecule has 0 bridgehead atoms. The number of hydrogen-bond acceptors (Lipinski definition) is 12. The Morgan fingerprint density at radius 3 is 1.10 bits per heavy atom. The van der Waals surface area contributed by atoms with E-state index in [1.54, 1.807) is 0 Å². The molecular weight excluding hydrogens is 694 g/mol. The summed E-state index contributed by atoms with van der Waals surface area (Å²) in [5.41, 5.74) is -15.2. The van der Waals surface area contributed by atoms with Gasteiger partial charge in [0.1, 0.15) is 59.2 Å². The van der Waals surface area contributed by atoms with E-state index in [0.29, 0.717) is 0 Å². The molecule has 2 heterocycles. The van der Waals surface area contributed by atoms with E-state index in [4.69, 9.17) is 0 Å². The Kier molecular flexibility index (Phi) is 7.84. The highest BCUT2D eigenvalue weighted by molar-refractivity contribution is 6.29. The summed E-state index contributed by atoms with van der Waals surface area (Å²) in [4.78, 5) is 17.0. The van der Waals surface area contributed by atoms with Crippen molar-refractivity contribution in [1.29, 1.82) is 31.6 Å². The molecule has 0 spiro atoms. The second-order valence-corrected chi connectivity index (χ2v) is 9.30. The number of hydrogen-bond donors (Lipinski definition) is 0. The zero-order chi connectivity index (χ0) is 37.0. The summed E-state index contributed by atoms with van der Waals surface area (Å²) in [6.07, 6.45) is -15.2. The summed E-state index contributed by atoms with van der Waals surface area (Å²) in [6, 6.07) is 7.53. The summed E-state index contributed by atoms with van der Waals surface area (Å²) in [5, 5.41) is 58.8. The number of nitrogens with zero attached hydrogens (tertiary/aromatic N) is 12. The quantitative estimate of drug-likeness (QED) is 0.251. The number of fused-ring (bicyclic) bond motifs is 2. The van der Waals surface area contributed by atoms with Gasteiger partial charge < -0.3 is 0 Å². The zero-order valence-corrected chi connectivity index (χ0v) is 23.1. The van der Waals surface area contributed by atoms with Crippen LogP contribution in [0.5, 0.6) is 0 Å². The molecule has 12 nitrogen and oxygen atoms in total. The molecule has 0 radical (unpaired) electrons. The van der Waals surface area contributed by atoms with Crippen molar-refractivity contribution < 1.29 is 43.9 Å². The van der Waals surface area contributed by atoms with E-state index in [-0.39, 0.29) is 0 Å². The fourth-order valence-corrected chi connectivity index (χ4v) is 5.00. The Morgan fingerprint density at radius 1 is 0.460 bits per heavy atom. The predicted molar refractivity (Wildman–Crippen MR) is 137 cm³/mol. The topological polar surface area (TPSA) is 220 Å². The van der Waals surface area contributed by atoms with Crippen molar-refractivity contribution in [3.8, 4) is 36.4 Å². The Bertz CT molecular complexity index is 2430. The Morgan fingerprint density at radius 2 is 0.800 bits per heavy atom. The smallest absolute Gasteiger partial charge is 0.206 e. The van der Waals surface area contributed by atoms with Crippen molar-refractivity contribution in [2.24, 2.45) is 0 Å². The van der Waals surface area contributed by atoms with Crippen molar-refractivity contribution in [3.05, 3.63) is 80.5 Å². The maximum absolute atomic E-state index is 16.9. The SMILES string of the molecule is N#CC(C#N)=C1C(c2nc(F)nc(F)n2)=C(C#N)c2c(F)c3c(c(F)c21)C(C#N)=C(c1nc(C(F)(F)F)nc(C(F)(F)F)n1)C3=C(C#N)C#N. The highest BCUT2D eigenvalue weighted by atomic mass is 19.4. The summed E-state index contributed by atoms with van der Waals surface area (Å²) in [7, 11) is 0. The standard InChI is InChI=1S/C28F10N12/c29-19-13-9(5-43)15(21-45-23(27(33,34)35)49-24(46-21)28(36,37)38)11(7(1-39)2-40)17(13)20(30)14-10(6-44)16(12(18(14)19)8(3-41)4-42)22-47-25(31)50-26(32)48-22. The molecule has 0 fully saturated rings. The van der Waals surface area contributed by atoms with Gasteiger partial charge >= 0.3 is 24.5 Å². The summed E-state index contributed by atoms with van der Waals surface area (Å²) in [5.74, 6) is -11.8. The van der Waals surface area contributed by atoms with Crippen LogP contribution in [-0.2, 0) is 12.4 Å². The Labute approximate surface area is 268 Å². The van der Waals surface area contributed by atoms with E-state index in [2.05, 4.69) is 29.9 Å². The van der Waals surface area contributed by atoms with Crippen LogP contribution in [0, 0.1) is 91.8 Å². The van der Waals surface area contributed by atoms with Gasteiger partial charge in [-0.1, -0.05) is 0 Å². The molecule has 0 amide bonds. The van der Waals surface area contributed by atoms with Crippen molar-refractivity contribution in [2.75, 3.05) is 0 Å². The molecule has 2 aromatic heterocycles. The molecule has 2 aliphatic rings. The van der Waals surface area contributed by atoms with E-state index >= 15 is 8.78 Å². The Hall–Kier alpha value is -7.56. The van der Waals surface area contributed by atoms with Gasteiger partial charge in [0.15, 0.2) is 11.6 Å². The van der Waals surface area contributed by atoms with Gasteiger partial charge in [-0.2, -0.15) is 81.6 Å². The number of benzene rings is 1. The second kappa shape index (κ2) is 11.6. The number of allylic oxidation sites excluding steroid dienone is 8. The molecule has 0 saturated heterocycles. The van der Waals surface area contributed by atoms with Gasteiger partial charge in [-0.3, -0.25) is 0 Å². The summed E-state index contributed by atoms with van der Waals surface area (Å²) in [6.45, 7) is 0. The first-order valence-corrected chi connectivity index (χ1v) is 12.4. The van der Waals surface area contributed by atoms with Gasteiger partial charge in [-0.25, -0.2) is 23.7 Å². The van der Waals surface area contributed by atoms with Crippen LogP contribution < -0.4 is 0 Å². The van der Waals surface area contributed by atoms with Crippen LogP contribution in [0.3, 0.4) is 0 Å². The van der Waals surface area contributed by atoms with Crippen LogP contribution >= 0.6 is 0 Å². The minimum Gasteiger partial charge on any atom is -0.206 e. The third-order valence-electron chi connectivity index (χ3n) is 6.72. The predicted octanol–water partition coefficient (Wildman–Crippen LogP) is 5.15. The van der Waals surface area contributed by atoms with E-state index in [9.17, 15) is 66.7 Å². The van der Waals surface area contributed by atoms with Gasteiger partial charge in [-0.15, -0.1) is 0 Å². The van der Waals surface area contributed by atoms with Gasteiger partial charge in [0, 0.05) is 44.5 Å². The lowest BCUT2D eigenvalue weighted by molar-refractivity contribution is -0.155. The van der Waals surface area contributed by atoms with E-state index in [0.717, 1.165) is 0 Å². The number of rotatable bonds is 2. The van der Waals surface area contributed by atoms with Crippen molar-refractivity contribution in [2.45, 2.75) is 12.4 Å².